The summed E-state index contributed by atoms with van der Waals surface area (Å²) < 4.78 is 5.62. The number of aromatic nitrogens is 1. The van der Waals surface area contributed by atoms with Gasteiger partial charge in [0.25, 0.3) is 0 Å². The molecule has 1 N–H and O–H groups in total. The quantitative estimate of drug-likeness (QED) is 0.752. The Balaban J connectivity index is 2.11. The topological polar surface area (TPSA) is 25.0 Å². The molecular formula is C13H15NO. The van der Waals surface area contributed by atoms with Gasteiger partial charge >= 0.3 is 0 Å². The highest BCUT2D eigenvalue weighted by atomic mass is 16.5. The molecule has 1 aromatic carbocycles. The van der Waals surface area contributed by atoms with Crippen LogP contribution in [-0.4, -0.2) is 11.6 Å². The average molecular weight is 201 g/mol. The van der Waals surface area contributed by atoms with E-state index < -0.39 is 0 Å². The first-order valence-corrected chi connectivity index (χ1v) is 5.16. The van der Waals surface area contributed by atoms with Crippen molar-refractivity contribution in [1.29, 1.82) is 0 Å². The molecule has 0 bridgehead atoms. The lowest BCUT2D eigenvalue weighted by Gasteiger charge is -2.06. The van der Waals surface area contributed by atoms with Crippen LogP contribution in [0.1, 0.15) is 13.3 Å². The lowest BCUT2D eigenvalue weighted by molar-refractivity contribution is 0.349. The van der Waals surface area contributed by atoms with Gasteiger partial charge in [0.05, 0.1) is 0 Å². The van der Waals surface area contributed by atoms with Gasteiger partial charge in [-0.1, -0.05) is 13.5 Å². The molecule has 15 heavy (non-hydrogen) atoms. The van der Waals surface area contributed by atoms with Crippen molar-refractivity contribution in [2.45, 2.75) is 13.3 Å². The van der Waals surface area contributed by atoms with Gasteiger partial charge in [0.1, 0.15) is 12.4 Å². The Morgan fingerprint density at radius 3 is 3.07 bits per heavy atom. The highest BCUT2D eigenvalue weighted by Gasteiger charge is 1.98. The summed E-state index contributed by atoms with van der Waals surface area (Å²) in [4.78, 5) is 3.15. The molecular weight excluding hydrogens is 186 g/mol. The molecule has 0 aliphatic carbocycles. The summed E-state index contributed by atoms with van der Waals surface area (Å²) in [7, 11) is 0. The molecule has 0 spiro atoms. The van der Waals surface area contributed by atoms with Gasteiger partial charge in [0.15, 0.2) is 0 Å². The Morgan fingerprint density at radius 2 is 2.27 bits per heavy atom. The fraction of sp³-hybridized carbons (Fsp3) is 0.231. The SMILES string of the molecule is C=C(CC)COc1ccc2[nH]ccc2c1. The molecule has 0 amide bonds. The summed E-state index contributed by atoms with van der Waals surface area (Å²) in [6, 6.07) is 8.08. The molecule has 0 fully saturated rings. The number of hydrogen-bond acceptors (Lipinski definition) is 1. The van der Waals surface area contributed by atoms with Crippen LogP contribution in [0.3, 0.4) is 0 Å². The predicted octanol–water partition coefficient (Wildman–Crippen LogP) is 3.51. The third-order valence-corrected chi connectivity index (χ3v) is 2.47. The first-order valence-electron chi connectivity index (χ1n) is 5.16. The highest BCUT2D eigenvalue weighted by Crippen LogP contribution is 2.20. The van der Waals surface area contributed by atoms with Crippen LogP contribution in [0, 0.1) is 0 Å². The van der Waals surface area contributed by atoms with E-state index in [0.29, 0.717) is 6.61 Å². The molecule has 2 aromatic rings. The summed E-state index contributed by atoms with van der Waals surface area (Å²) >= 11 is 0. The maximum atomic E-state index is 5.62. The van der Waals surface area contributed by atoms with Gasteiger partial charge in [0.2, 0.25) is 0 Å². The maximum absolute atomic E-state index is 5.62. The van der Waals surface area contributed by atoms with Crippen LogP contribution in [0.25, 0.3) is 10.9 Å². The molecule has 0 aliphatic rings. The van der Waals surface area contributed by atoms with Crippen molar-refractivity contribution in [3.8, 4) is 5.75 Å². The monoisotopic (exact) mass is 201 g/mol. The molecule has 0 atom stereocenters. The van der Waals surface area contributed by atoms with Crippen molar-refractivity contribution in [3.63, 3.8) is 0 Å². The Bertz CT molecular complexity index is 470. The second kappa shape index (κ2) is 4.22. The Labute approximate surface area is 89.6 Å². The van der Waals surface area contributed by atoms with E-state index in [9.17, 15) is 0 Å². The number of benzene rings is 1. The zero-order valence-electron chi connectivity index (χ0n) is 8.92. The van der Waals surface area contributed by atoms with Crippen molar-refractivity contribution in [3.05, 3.63) is 42.6 Å². The third-order valence-electron chi connectivity index (χ3n) is 2.47. The van der Waals surface area contributed by atoms with E-state index in [1.165, 1.54) is 5.39 Å². The first kappa shape index (κ1) is 9.84. The third kappa shape index (κ3) is 2.21. The number of H-pyrrole nitrogens is 1. The van der Waals surface area contributed by atoms with Crippen molar-refractivity contribution >= 4 is 10.9 Å². The van der Waals surface area contributed by atoms with Crippen LogP contribution < -0.4 is 4.74 Å². The van der Waals surface area contributed by atoms with Crippen molar-refractivity contribution in [2.75, 3.05) is 6.61 Å². The fourth-order valence-electron chi connectivity index (χ4n) is 1.41. The lowest BCUT2D eigenvalue weighted by atomic mass is 10.2. The highest BCUT2D eigenvalue weighted by molar-refractivity contribution is 5.80. The molecule has 2 heteroatoms. The molecule has 2 rings (SSSR count). The summed E-state index contributed by atoms with van der Waals surface area (Å²) in [6.07, 6.45) is 2.89. The van der Waals surface area contributed by atoms with Crippen molar-refractivity contribution in [2.24, 2.45) is 0 Å². The fourth-order valence-corrected chi connectivity index (χ4v) is 1.41. The Morgan fingerprint density at radius 1 is 1.40 bits per heavy atom. The van der Waals surface area contributed by atoms with Crippen LogP contribution in [0.2, 0.25) is 0 Å². The van der Waals surface area contributed by atoms with Gasteiger partial charge in [-0.15, -0.1) is 0 Å². The molecule has 78 valence electrons. The number of rotatable bonds is 4. The largest absolute Gasteiger partial charge is 0.489 e. The molecule has 2 nitrogen and oxygen atoms in total. The number of hydrogen-bond donors (Lipinski definition) is 1. The second-order valence-corrected chi connectivity index (χ2v) is 3.62. The molecule has 0 saturated carbocycles. The number of fused-ring (bicyclic) bond motifs is 1. The standard InChI is InChI=1S/C13H15NO/c1-3-10(2)9-15-12-4-5-13-11(8-12)6-7-14-13/h4-8,14H,2-3,9H2,1H3. The number of nitrogens with one attached hydrogen (secondary N) is 1. The smallest absolute Gasteiger partial charge is 0.120 e. The van der Waals surface area contributed by atoms with Gasteiger partial charge in [-0.05, 0) is 36.3 Å². The van der Waals surface area contributed by atoms with Gasteiger partial charge < -0.3 is 9.72 Å². The molecule has 0 aliphatic heterocycles. The van der Waals surface area contributed by atoms with E-state index in [1.54, 1.807) is 0 Å². The molecule has 0 unspecified atom stereocenters. The minimum absolute atomic E-state index is 0.604. The van der Waals surface area contributed by atoms with E-state index in [1.807, 2.05) is 30.5 Å². The van der Waals surface area contributed by atoms with E-state index >= 15 is 0 Å². The summed E-state index contributed by atoms with van der Waals surface area (Å²) in [5.74, 6) is 0.900. The molecule has 0 radical (unpaired) electrons. The number of ether oxygens (including phenoxy) is 1. The van der Waals surface area contributed by atoms with Gasteiger partial charge in [-0.3, -0.25) is 0 Å². The van der Waals surface area contributed by atoms with Crippen LogP contribution in [-0.2, 0) is 0 Å². The lowest BCUT2D eigenvalue weighted by Crippen LogP contribution is -1.98. The first-order chi connectivity index (χ1) is 7.29. The molecule has 1 heterocycles. The zero-order chi connectivity index (χ0) is 10.7. The zero-order valence-corrected chi connectivity index (χ0v) is 8.92. The van der Waals surface area contributed by atoms with Crippen molar-refractivity contribution in [1.82, 2.24) is 4.98 Å². The summed E-state index contributed by atoms with van der Waals surface area (Å²) in [5, 5.41) is 1.18. The number of aromatic amines is 1. The van der Waals surface area contributed by atoms with Crippen LogP contribution in [0.4, 0.5) is 0 Å². The van der Waals surface area contributed by atoms with Gasteiger partial charge in [-0.2, -0.15) is 0 Å². The van der Waals surface area contributed by atoms with E-state index in [-0.39, 0.29) is 0 Å². The Kier molecular flexibility index (Phi) is 2.77. The minimum Gasteiger partial charge on any atom is -0.489 e. The van der Waals surface area contributed by atoms with Gasteiger partial charge in [0, 0.05) is 17.1 Å². The summed E-state index contributed by atoms with van der Waals surface area (Å²) in [5.41, 5.74) is 2.25. The van der Waals surface area contributed by atoms with E-state index in [2.05, 4.69) is 18.5 Å². The minimum atomic E-state index is 0.604. The molecule has 0 saturated heterocycles. The van der Waals surface area contributed by atoms with Crippen LogP contribution in [0.5, 0.6) is 5.75 Å². The summed E-state index contributed by atoms with van der Waals surface area (Å²) in [6.45, 7) is 6.60. The van der Waals surface area contributed by atoms with Crippen molar-refractivity contribution < 1.29 is 4.74 Å². The van der Waals surface area contributed by atoms with Crippen LogP contribution in [0.15, 0.2) is 42.6 Å². The Hall–Kier alpha value is -1.70. The predicted molar refractivity (Wildman–Crippen MR) is 63.2 cm³/mol. The normalized spacial score (nSPS) is 10.5. The van der Waals surface area contributed by atoms with Crippen LogP contribution >= 0.6 is 0 Å². The van der Waals surface area contributed by atoms with E-state index in [0.717, 1.165) is 23.3 Å². The average Bonchev–Trinajstić information content (AvgIpc) is 2.72. The van der Waals surface area contributed by atoms with E-state index in [4.69, 9.17) is 4.74 Å². The molecule has 1 aromatic heterocycles. The maximum Gasteiger partial charge on any atom is 0.120 e. The van der Waals surface area contributed by atoms with Gasteiger partial charge in [-0.25, -0.2) is 0 Å². The second-order valence-electron chi connectivity index (χ2n) is 3.62.